The molecule has 1 saturated carbocycles. The van der Waals surface area contributed by atoms with Gasteiger partial charge in [-0.15, -0.1) is 0 Å². The average molecular weight is 683 g/mol. The van der Waals surface area contributed by atoms with Gasteiger partial charge in [0.25, 0.3) is 0 Å². The van der Waals surface area contributed by atoms with Gasteiger partial charge in [-0.2, -0.15) is 0 Å². The highest BCUT2D eigenvalue weighted by Crippen LogP contribution is 2.67. The number of Topliss-reactive ketones (excluding diaryl/α,β-unsaturated/α-hetero) is 1. The fourth-order valence-corrected chi connectivity index (χ4v) is 12.2. The Kier molecular flexibility index (Phi) is 6.44. The Bertz CT molecular complexity index is 2620. The summed E-state index contributed by atoms with van der Waals surface area (Å²) in [6.45, 7) is 6.69. The lowest BCUT2D eigenvalue weighted by Gasteiger charge is -2.42. The van der Waals surface area contributed by atoms with Crippen molar-refractivity contribution in [3.63, 3.8) is 0 Å². The molecule has 0 N–H and O–H groups in total. The monoisotopic (exact) mass is 682 g/mol. The first-order chi connectivity index (χ1) is 26.0. The first kappa shape index (κ1) is 31.0. The van der Waals surface area contributed by atoms with Gasteiger partial charge in [-0.05, 0) is 130 Å². The van der Waals surface area contributed by atoms with Crippen molar-refractivity contribution < 1.29 is 4.79 Å². The largest absolute Gasteiger partial charge is 0.294 e. The highest BCUT2D eigenvalue weighted by Gasteiger charge is 2.59. The third kappa shape index (κ3) is 3.75. The lowest BCUT2D eigenvalue weighted by Crippen LogP contribution is -2.39. The van der Waals surface area contributed by atoms with Crippen LogP contribution in [-0.2, 0) is 10.8 Å². The van der Waals surface area contributed by atoms with Crippen molar-refractivity contribution in [1.29, 1.82) is 0 Å². The van der Waals surface area contributed by atoms with E-state index in [1.807, 2.05) is 0 Å². The van der Waals surface area contributed by atoms with E-state index in [1.165, 1.54) is 83.5 Å². The van der Waals surface area contributed by atoms with E-state index in [0.29, 0.717) is 17.6 Å². The van der Waals surface area contributed by atoms with Crippen LogP contribution in [0.15, 0.2) is 151 Å². The predicted octanol–water partition coefficient (Wildman–Crippen LogP) is 12.4. The Morgan fingerprint density at radius 1 is 0.604 bits per heavy atom. The van der Waals surface area contributed by atoms with Gasteiger partial charge in [-0.3, -0.25) is 4.79 Å². The molecule has 1 nitrogen and oxygen atoms in total. The predicted molar refractivity (Wildman–Crippen MR) is 216 cm³/mol. The summed E-state index contributed by atoms with van der Waals surface area (Å²) in [7, 11) is 0. The zero-order chi connectivity index (χ0) is 35.6. The van der Waals surface area contributed by atoms with Gasteiger partial charge in [0.1, 0.15) is 0 Å². The topological polar surface area (TPSA) is 17.1 Å². The van der Waals surface area contributed by atoms with Crippen LogP contribution in [0.5, 0.6) is 0 Å². The highest BCUT2D eigenvalue weighted by molar-refractivity contribution is 6.02. The van der Waals surface area contributed by atoms with E-state index < -0.39 is 5.41 Å². The molecule has 5 aliphatic carbocycles. The van der Waals surface area contributed by atoms with E-state index in [1.54, 1.807) is 0 Å². The van der Waals surface area contributed by atoms with Gasteiger partial charge in [0.15, 0.2) is 5.78 Å². The molecule has 3 unspecified atom stereocenters. The number of aryl methyl sites for hydroxylation is 1. The summed E-state index contributed by atoms with van der Waals surface area (Å²) in [5.74, 6) is 1.04. The van der Waals surface area contributed by atoms with Crippen LogP contribution in [0.1, 0.15) is 99.5 Å². The molecule has 256 valence electrons. The Morgan fingerprint density at radius 3 is 1.91 bits per heavy atom. The van der Waals surface area contributed by atoms with Crippen LogP contribution in [-0.4, -0.2) is 5.78 Å². The fraction of sp³-hybridized carbons (Fsp3) is 0.212. The van der Waals surface area contributed by atoms with Gasteiger partial charge < -0.3 is 0 Å². The number of hydrogen-bond acceptors (Lipinski definition) is 1. The molecule has 11 rings (SSSR count). The molecule has 5 atom stereocenters. The first-order valence-corrected chi connectivity index (χ1v) is 19.5. The third-order valence-electron chi connectivity index (χ3n) is 14.1. The van der Waals surface area contributed by atoms with E-state index in [0.717, 1.165) is 24.8 Å². The van der Waals surface area contributed by atoms with Gasteiger partial charge in [-0.1, -0.05) is 151 Å². The van der Waals surface area contributed by atoms with E-state index in [4.69, 9.17) is 0 Å². The maximum Gasteiger partial charge on any atom is 0.165 e. The normalized spacial score (nSPS) is 25.3. The minimum absolute atomic E-state index is 0.0312. The van der Waals surface area contributed by atoms with Crippen LogP contribution in [0.25, 0.3) is 27.8 Å². The van der Waals surface area contributed by atoms with Crippen molar-refractivity contribution in [3.05, 3.63) is 207 Å². The van der Waals surface area contributed by atoms with Crippen LogP contribution in [0.2, 0.25) is 0 Å². The molecular formula is C52H42O. The number of rotatable bonds is 3. The molecule has 1 heteroatoms. The van der Waals surface area contributed by atoms with E-state index in [2.05, 4.69) is 166 Å². The molecule has 0 heterocycles. The number of carbonyl (C=O) groups excluding carboxylic acids is 1. The second-order valence-corrected chi connectivity index (χ2v) is 16.2. The van der Waals surface area contributed by atoms with Gasteiger partial charge in [-0.25, -0.2) is 0 Å². The highest BCUT2D eigenvalue weighted by atomic mass is 16.1. The minimum atomic E-state index is -0.451. The first-order valence-electron chi connectivity index (χ1n) is 19.5. The molecule has 53 heavy (non-hydrogen) atoms. The molecule has 0 aliphatic heterocycles. The van der Waals surface area contributed by atoms with Crippen molar-refractivity contribution in [2.24, 2.45) is 11.8 Å². The lowest BCUT2D eigenvalue weighted by molar-refractivity contribution is 0.0835. The lowest BCUT2D eigenvalue weighted by atomic mass is 9.60. The van der Waals surface area contributed by atoms with Crippen molar-refractivity contribution in [1.82, 2.24) is 0 Å². The van der Waals surface area contributed by atoms with Crippen LogP contribution < -0.4 is 0 Å². The summed E-state index contributed by atoms with van der Waals surface area (Å²) in [5.41, 5.74) is 20.3. The number of fused-ring (bicyclic) bond motifs is 17. The van der Waals surface area contributed by atoms with Crippen molar-refractivity contribution >= 4 is 11.4 Å². The second kappa shape index (κ2) is 11.0. The molecule has 0 aromatic heterocycles. The molecule has 5 aliphatic rings. The summed E-state index contributed by atoms with van der Waals surface area (Å²) in [4.78, 5) is 15.2. The third-order valence-corrected chi connectivity index (χ3v) is 14.1. The number of carbonyl (C=O) groups is 1. The van der Waals surface area contributed by atoms with Crippen LogP contribution in [0, 0.1) is 18.8 Å². The average Bonchev–Trinajstić information content (AvgIpc) is 3.86. The van der Waals surface area contributed by atoms with Crippen molar-refractivity contribution in [2.75, 3.05) is 0 Å². The molecule has 0 bridgehead atoms. The van der Waals surface area contributed by atoms with Gasteiger partial charge >= 0.3 is 0 Å². The van der Waals surface area contributed by atoms with Gasteiger partial charge in [0.05, 0.1) is 5.41 Å². The van der Waals surface area contributed by atoms with E-state index in [-0.39, 0.29) is 11.3 Å². The fourth-order valence-electron chi connectivity index (χ4n) is 12.2. The molecular weight excluding hydrogens is 641 g/mol. The summed E-state index contributed by atoms with van der Waals surface area (Å²) >= 11 is 0. The van der Waals surface area contributed by atoms with E-state index in [9.17, 15) is 0 Å². The summed E-state index contributed by atoms with van der Waals surface area (Å²) in [5, 5.41) is 0. The number of ketones is 1. The Labute approximate surface area is 312 Å². The van der Waals surface area contributed by atoms with Gasteiger partial charge in [0, 0.05) is 16.9 Å². The smallest absolute Gasteiger partial charge is 0.165 e. The standard InChI is InChI=1S/C52H42O/c1-4-13-35-32(3)51(43-18-9-5-14-36(35)43)44-19-10-6-15-37(44)41-26-23-33(29-48(41)51)50(53)34-24-27-42-39-17-8-12-21-46(39)52(49(42)30-34)45-20-11-7-16-38(45)40-25-22-31(2)28-47(40)52/h4-22,24-25,27-28,30,33,41,48H,23,26,29H2,1-3H3/b13-4-/t33?,41-,48?,51?,52-/m1/s1. The number of allylic oxidation sites excluding steroid dienone is 4. The number of benzene rings is 6. The molecule has 6 aromatic rings. The summed E-state index contributed by atoms with van der Waals surface area (Å²) in [6.07, 6.45) is 7.34. The maximum absolute atomic E-state index is 15.2. The van der Waals surface area contributed by atoms with E-state index >= 15 is 4.79 Å². The summed E-state index contributed by atoms with van der Waals surface area (Å²) in [6, 6.07) is 49.8. The minimum Gasteiger partial charge on any atom is -0.294 e. The summed E-state index contributed by atoms with van der Waals surface area (Å²) < 4.78 is 0. The van der Waals surface area contributed by atoms with Crippen LogP contribution in [0.4, 0.5) is 0 Å². The second-order valence-electron chi connectivity index (χ2n) is 16.2. The zero-order valence-corrected chi connectivity index (χ0v) is 30.6. The molecule has 2 spiro atoms. The Morgan fingerprint density at radius 2 is 1.19 bits per heavy atom. The molecule has 6 aromatic carbocycles. The molecule has 0 amide bonds. The van der Waals surface area contributed by atoms with Crippen molar-refractivity contribution in [2.45, 2.75) is 56.8 Å². The molecule has 1 fully saturated rings. The van der Waals surface area contributed by atoms with Crippen LogP contribution in [0.3, 0.4) is 0 Å². The van der Waals surface area contributed by atoms with Crippen molar-refractivity contribution in [3.8, 4) is 22.3 Å². The maximum atomic E-state index is 15.2. The number of hydrogen-bond donors (Lipinski definition) is 0. The quantitative estimate of drug-likeness (QED) is 0.170. The molecule has 0 radical (unpaired) electrons. The van der Waals surface area contributed by atoms with Crippen LogP contribution >= 0.6 is 0 Å². The zero-order valence-electron chi connectivity index (χ0n) is 30.6. The van der Waals surface area contributed by atoms with Gasteiger partial charge in [0.2, 0.25) is 0 Å². The molecule has 0 saturated heterocycles. The Balaban J connectivity index is 1.05. The Hall–Kier alpha value is -5.53. The SMILES string of the molecule is C/C=C\C1=C(C)C2(c3ccccc31)c1ccccc1[C@H]1CCC(C(=O)c3ccc4c(c3)[C@]3(c5ccccc5-c5ccc(C)cc53)c3ccccc3-4)CC12.